The summed E-state index contributed by atoms with van der Waals surface area (Å²) in [4.78, 5) is 19.8. The SMILES string of the molecule is Cc1cc(F)c(C2C(C(F)(F)F)OCCN2C(N)=O)cc1-c1cc(-c2cnn(C)c2)nc(N2CCOCC2)c1. The molecule has 1 aromatic carbocycles. The summed E-state index contributed by atoms with van der Waals surface area (Å²) in [6.07, 6.45) is -3.83. The highest BCUT2D eigenvalue weighted by Crippen LogP contribution is 2.42. The third-order valence-corrected chi connectivity index (χ3v) is 6.98. The Kier molecular flexibility index (Phi) is 7.21. The molecule has 0 saturated carbocycles. The van der Waals surface area contributed by atoms with Gasteiger partial charge in [-0.05, 0) is 47.9 Å². The zero-order valence-electron chi connectivity index (χ0n) is 21.4. The van der Waals surface area contributed by atoms with Gasteiger partial charge in [0, 0.05) is 44.0 Å². The average molecular weight is 549 g/mol. The molecule has 5 rings (SSSR count). The number of alkyl halides is 3. The zero-order valence-corrected chi connectivity index (χ0v) is 21.4. The predicted molar refractivity (Wildman–Crippen MR) is 134 cm³/mol. The largest absolute Gasteiger partial charge is 0.417 e. The number of rotatable bonds is 4. The highest BCUT2D eigenvalue weighted by atomic mass is 19.4. The van der Waals surface area contributed by atoms with Crippen LogP contribution in [0.5, 0.6) is 0 Å². The maximum atomic E-state index is 15.4. The number of pyridine rings is 1. The minimum Gasteiger partial charge on any atom is -0.378 e. The molecule has 2 unspecified atom stereocenters. The van der Waals surface area contributed by atoms with Gasteiger partial charge in [-0.15, -0.1) is 0 Å². The summed E-state index contributed by atoms with van der Waals surface area (Å²) >= 11 is 0. The number of nitrogens with two attached hydrogens (primary N) is 1. The summed E-state index contributed by atoms with van der Waals surface area (Å²) in [5, 5.41) is 4.22. The topological polar surface area (TPSA) is 98.7 Å². The first-order chi connectivity index (χ1) is 18.5. The van der Waals surface area contributed by atoms with E-state index in [0.717, 1.165) is 10.5 Å². The molecule has 0 radical (unpaired) electrons. The Balaban J connectivity index is 1.67. The Morgan fingerprint density at radius 3 is 2.46 bits per heavy atom. The molecule has 2 aliphatic rings. The van der Waals surface area contributed by atoms with Crippen molar-refractivity contribution >= 4 is 11.8 Å². The number of halogens is 4. The van der Waals surface area contributed by atoms with Crippen LogP contribution in [0.1, 0.15) is 17.2 Å². The van der Waals surface area contributed by atoms with Crippen LogP contribution in [-0.2, 0) is 16.5 Å². The summed E-state index contributed by atoms with van der Waals surface area (Å²) in [7, 11) is 1.78. The highest BCUT2D eigenvalue weighted by molar-refractivity contribution is 5.77. The van der Waals surface area contributed by atoms with Crippen LogP contribution in [-0.4, -0.2) is 77.4 Å². The molecule has 0 aliphatic carbocycles. The fourth-order valence-electron chi connectivity index (χ4n) is 5.08. The fraction of sp³-hybridized carbons (Fsp3) is 0.423. The minimum absolute atomic E-state index is 0.198. The molecule has 208 valence electrons. The van der Waals surface area contributed by atoms with Crippen molar-refractivity contribution in [2.45, 2.75) is 25.2 Å². The van der Waals surface area contributed by atoms with Gasteiger partial charge in [-0.2, -0.15) is 18.3 Å². The molecule has 2 aliphatic heterocycles. The Labute approximate surface area is 222 Å². The molecule has 13 heteroatoms. The van der Waals surface area contributed by atoms with Crippen molar-refractivity contribution in [1.29, 1.82) is 0 Å². The fourth-order valence-corrected chi connectivity index (χ4v) is 5.08. The maximum absolute atomic E-state index is 15.4. The molecule has 2 N–H and O–H groups in total. The number of aryl methyl sites for hydroxylation is 2. The van der Waals surface area contributed by atoms with Crippen LogP contribution in [0.25, 0.3) is 22.4 Å². The van der Waals surface area contributed by atoms with Gasteiger partial charge in [0.15, 0.2) is 6.10 Å². The molecular weight excluding hydrogens is 520 g/mol. The van der Waals surface area contributed by atoms with Gasteiger partial charge in [0.25, 0.3) is 0 Å². The lowest BCUT2D eigenvalue weighted by atomic mass is 9.91. The summed E-state index contributed by atoms with van der Waals surface area (Å²) in [5.41, 5.74) is 8.05. The van der Waals surface area contributed by atoms with E-state index in [1.54, 1.807) is 37.1 Å². The lowest BCUT2D eigenvalue weighted by molar-refractivity contribution is -0.250. The van der Waals surface area contributed by atoms with Crippen LogP contribution in [0.15, 0.2) is 36.7 Å². The van der Waals surface area contributed by atoms with Gasteiger partial charge in [0.2, 0.25) is 0 Å². The van der Waals surface area contributed by atoms with Crippen molar-refractivity contribution in [3.05, 3.63) is 53.6 Å². The number of morpholine rings is 2. The Morgan fingerprint density at radius 1 is 1.08 bits per heavy atom. The first kappa shape index (κ1) is 26.9. The van der Waals surface area contributed by atoms with Crippen molar-refractivity contribution in [3.63, 3.8) is 0 Å². The molecule has 2 amide bonds. The molecule has 0 bridgehead atoms. The van der Waals surface area contributed by atoms with E-state index >= 15 is 4.39 Å². The Hall–Kier alpha value is -3.71. The van der Waals surface area contributed by atoms with Crippen LogP contribution < -0.4 is 10.6 Å². The van der Waals surface area contributed by atoms with Gasteiger partial charge in [0.05, 0.1) is 37.8 Å². The number of benzene rings is 1. The summed E-state index contributed by atoms with van der Waals surface area (Å²) in [5.74, 6) is -0.241. The van der Waals surface area contributed by atoms with Crippen molar-refractivity contribution in [1.82, 2.24) is 19.7 Å². The highest BCUT2D eigenvalue weighted by Gasteiger charge is 2.52. The van der Waals surface area contributed by atoms with E-state index in [2.05, 4.69) is 10.00 Å². The maximum Gasteiger partial charge on any atom is 0.417 e. The number of urea groups is 1. The molecular formula is C26H28F4N6O3. The molecule has 0 spiro atoms. The van der Waals surface area contributed by atoms with Gasteiger partial charge in [-0.3, -0.25) is 4.68 Å². The van der Waals surface area contributed by atoms with Crippen LogP contribution in [0.4, 0.5) is 28.2 Å². The lowest BCUT2D eigenvalue weighted by Crippen LogP contribution is -2.55. The summed E-state index contributed by atoms with van der Waals surface area (Å²) in [6, 6.07) is 3.26. The van der Waals surface area contributed by atoms with Crippen LogP contribution in [0.3, 0.4) is 0 Å². The van der Waals surface area contributed by atoms with Crippen LogP contribution >= 0.6 is 0 Å². The van der Waals surface area contributed by atoms with Gasteiger partial charge < -0.3 is 25.0 Å². The van der Waals surface area contributed by atoms with E-state index in [-0.39, 0.29) is 18.7 Å². The van der Waals surface area contributed by atoms with E-state index < -0.39 is 30.2 Å². The second kappa shape index (κ2) is 10.5. The van der Waals surface area contributed by atoms with E-state index in [9.17, 15) is 18.0 Å². The number of aromatic nitrogens is 3. The van der Waals surface area contributed by atoms with E-state index in [1.807, 2.05) is 6.07 Å². The predicted octanol–water partition coefficient (Wildman–Crippen LogP) is 3.82. The molecule has 2 fully saturated rings. The quantitative estimate of drug-likeness (QED) is 0.498. The number of hydrogen-bond donors (Lipinski definition) is 1. The average Bonchev–Trinajstić information content (AvgIpc) is 3.34. The van der Waals surface area contributed by atoms with Crippen molar-refractivity contribution in [2.24, 2.45) is 12.8 Å². The molecule has 2 atom stereocenters. The van der Waals surface area contributed by atoms with Gasteiger partial charge in [-0.25, -0.2) is 14.2 Å². The Bertz CT molecular complexity index is 1370. The number of amides is 2. The van der Waals surface area contributed by atoms with Crippen molar-refractivity contribution in [3.8, 4) is 22.4 Å². The third kappa shape index (κ3) is 5.41. The normalized spacial score (nSPS) is 20.4. The summed E-state index contributed by atoms with van der Waals surface area (Å²) < 4.78 is 69.5. The monoisotopic (exact) mass is 548 g/mol. The first-order valence-electron chi connectivity index (χ1n) is 12.4. The van der Waals surface area contributed by atoms with Crippen LogP contribution in [0.2, 0.25) is 0 Å². The second-order valence-electron chi connectivity index (χ2n) is 9.60. The minimum atomic E-state index is -4.86. The van der Waals surface area contributed by atoms with E-state index in [4.69, 9.17) is 20.2 Å². The number of ether oxygens (including phenoxy) is 2. The number of nitrogens with zero attached hydrogens (tertiary/aromatic N) is 5. The zero-order chi connectivity index (χ0) is 27.9. The van der Waals surface area contributed by atoms with Crippen molar-refractivity contribution < 1.29 is 31.8 Å². The van der Waals surface area contributed by atoms with Gasteiger partial charge in [-0.1, -0.05) is 0 Å². The number of primary amides is 1. The van der Waals surface area contributed by atoms with Gasteiger partial charge >= 0.3 is 12.2 Å². The van der Waals surface area contributed by atoms with Crippen molar-refractivity contribution in [2.75, 3.05) is 44.4 Å². The molecule has 3 aromatic rings. The number of anilines is 1. The Morgan fingerprint density at radius 2 is 1.82 bits per heavy atom. The molecule has 2 saturated heterocycles. The summed E-state index contributed by atoms with van der Waals surface area (Å²) in [6.45, 7) is 3.37. The second-order valence-corrected chi connectivity index (χ2v) is 9.60. The standard InChI is InChI=1S/C26H28F4N6O3/c1-15-9-20(27)19(23-24(26(28,29)30)39-8-5-36(23)25(31)37)12-18(15)16-10-21(17-13-32-34(2)14-17)33-22(11-16)35-3-6-38-7-4-35/h9-14,23-24H,3-8H2,1-2H3,(H2,31,37). The molecule has 2 aromatic heterocycles. The van der Waals surface area contributed by atoms with Gasteiger partial charge in [0.1, 0.15) is 11.6 Å². The van der Waals surface area contributed by atoms with E-state index in [0.29, 0.717) is 54.5 Å². The van der Waals surface area contributed by atoms with Crippen LogP contribution in [0, 0.1) is 12.7 Å². The number of hydrogen-bond acceptors (Lipinski definition) is 6. The number of carbonyl (C=O) groups excluding carboxylic acids is 1. The lowest BCUT2D eigenvalue weighted by Gasteiger charge is -2.41. The molecule has 9 nitrogen and oxygen atoms in total. The number of carbonyl (C=O) groups is 1. The molecule has 39 heavy (non-hydrogen) atoms. The first-order valence-corrected chi connectivity index (χ1v) is 12.4. The molecule has 4 heterocycles. The van der Waals surface area contributed by atoms with E-state index in [1.165, 1.54) is 12.1 Å². The third-order valence-electron chi connectivity index (χ3n) is 6.98. The smallest absolute Gasteiger partial charge is 0.378 e.